The molecule has 4 aliphatic rings. The van der Waals surface area contributed by atoms with Crippen LogP contribution in [0.15, 0.2) is 6.33 Å². The molecular weight excluding hydrogens is 312 g/mol. The molecule has 1 aromatic heterocycles. The predicted octanol–water partition coefficient (Wildman–Crippen LogP) is 2.50. The van der Waals surface area contributed by atoms with E-state index >= 15 is 0 Å². The van der Waals surface area contributed by atoms with Crippen molar-refractivity contribution in [3.63, 3.8) is 0 Å². The summed E-state index contributed by atoms with van der Waals surface area (Å²) in [6, 6.07) is 0. The molecule has 2 heterocycles. The Kier molecular flexibility index (Phi) is 3.97. The maximum Gasteiger partial charge on any atom is 0.133 e. The van der Waals surface area contributed by atoms with Gasteiger partial charge in [0, 0.05) is 18.7 Å². The van der Waals surface area contributed by atoms with Crippen LogP contribution in [0.4, 0.5) is 5.82 Å². The molecule has 25 heavy (non-hydrogen) atoms. The first-order valence-corrected chi connectivity index (χ1v) is 10.2. The number of anilines is 1. The number of nitrogens with one attached hydrogen (secondary N) is 2. The Bertz CT molecular complexity index is 647. The largest absolute Gasteiger partial charge is 0.391 e. The van der Waals surface area contributed by atoms with Crippen molar-refractivity contribution < 1.29 is 5.11 Å². The van der Waals surface area contributed by atoms with Crippen molar-refractivity contribution in [2.45, 2.75) is 64.0 Å². The topological polar surface area (TPSA) is 70.1 Å². The molecule has 0 spiro atoms. The summed E-state index contributed by atoms with van der Waals surface area (Å²) in [6.07, 6.45) is 11.7. The summed E-state index contributed by atoms with van der Waals surface area (Å²) in [4.78, 5) is 8.86. The van der Waals surface area contributed by atoms with Crippen LogP contribution in [0.25, 0.3) is 0 Å². The van der Waals surface area contributed by atoms with Crippen LogP contribution < -0.4 is 10.6 Å². The Morgan fingerprint density at radius 2 is 2.16 bits per heavy atom. The first kappa shape index (κ1) is 16.0. The van der Waals surface area contributed by atoms with Gasteiger partial charge in [-0.25, -0.2) is 9.97 Å². The van der Waals surface area contributed by atoms with Gasteiger partial charge in [-0.2, -0.15) is 0 Å². The van der Waals surface area contributed by atoms with Crippen LogP contribution in [0.2, 0.25) is 0 Å². The minimum absolute atomic E-state index is 0.167. The molecule has 3 bridgehead atoms. The van der Waals surface area contributed by atoms with Crippen LogP contribution in [-0.4, -0.2) is 34.3 Å². The molecule has 3 N–H and O–H groups in total. The van der Waals surface area contributed by atoms with Crippen molar-refractivity contribution >= 4 is 5.82 Å². The normalized spacial score (nSPS) is 37.4. The molecule has 3 aliphatic carbocycles. The maximum absolute atomic E-state index is 11.2. The third-order valence-electron chi connectivity index (χ3n) is 7.57. The Morgan fingerprint density at radius 1 is 1.24 bits per heavy atom. The zero-order valence-corrected chi connectivity index (χ0v) is 15.0. The second-order valence-corrected chi connectivity index (χ2v) is 9.00. The van der Waals surface area contributed by atoms with Gasteiger partial charge >= 0.3 is 0 Å². The van der Waals surface area contributed by atoms with Gasteiger partial charge < -0.3 is 15.7 Å². The number of aliphatic hydroxyl groups is 1. The van der Waals surface area contributed by atoms with E-state index in [1.807, 2.05) is 0 Å². The lowest BCUT2D eigenvalue weighted by atomic mass is 9.66. The van der Waals surface area contributed by atoms with Gasteiger partial charge in [-0.05, 0) is 61.8 Å². The van der Waals surface area contributed by atoms with Gasteiger partial charge in [-0.1, -0.05) is 19.3 Å². The van der Waals surface area contributed by atoms with E-state index in [-0.39, 0.29) is 11.5 Å². The zero-order chi connectivity index (χ0) is 16.9. The van der Waals surface area contributed by atoms with E-state index in [9.17, 15) is 5.11 Å². The van der Waals surface area contributed by atoms with E-state index in [0.29, 0.717) is 6.54 Å². The third-order valence-corrected chi connectivity index (χ3v) is 7.57. The average molecular weight is 342 g/mol. The van der Waals surface area contributed by atoms with Crippen molar-refractivity contribution in [1.29, 1.82) is 0 Å². The van der Waals surface area contributed by atoms with Crippen LogP contribution in [-0.2, 0) is 13.0 Å². The van der Waals surface area contributed by atoms with E-state index in [1.54, 1.807) is 6.33 Å². The van der Waals surface area contributed by atoms with Crippen molar-refractivity contribution in [3.05, 3.63) is 17.6 Å². The number of fused-ring (bicyclic) bond motifs is 3. The molecule has 3 saturated carbocycles. The molecular formula is C20H30N4O. The fourth-order valence-corrected chi connectivity index (χ4v) is 6.47. The first-order valence-electron chi connectivity index (χ1n) is 10.2. The minimum atomic E-state index is -0.256. The summed E-state index contributed by atoms with van der Waals surface area (Å²) < 4.78 is 0. The smallest absolute Gasteiger partial charge is 0.133 e. The van der Waals surface area contributed by atoms with E-state index in [0.717, 1.165) is 48.8 Å². The van der Waals surface area contributed by atoms with Crippen LogP contribution in [0.3, 0.4) is 0 Å². The molecule has 5 heteroatoms. The molecule has 4 unspecified atom stereocenters. The first-order chi connectivity index (χ1) is 12.2. The molecule has 0 amide bonds. The summed E-state index contributed by atoms with van der Waals surface area (Å²) in [7, 11) is 0. The van der Waals surface area contributed by atoms with E-state index in [4.69, 9.17) is 0 Å². The number of rotatable bonds is 4. The number of nitrogens with zero attached hydrogens (tertiary/aromatic N) is 2. The maximum atomic E-state index is 11.2. The van der Waals surface area contributed by atoms with Gasteiger partial charge in [0.2, 0.25) is 0 Å². The standard InChI is InChI=1S/C20H30N4O/c25-18(11-22-19-16-4-5-21-10-17(16)23-12-24-19)20-7-13-2-1-3-14(8-20)15(6-13)9-20/h12-15,18,21,25H,1-11H2,(H,22,23,24)/t13?,14?,15-,18?,20?/m1/s1. The molecule has 0 aromatic carbocycles. The molecule has 0 radical (unpaired) electrons. The SMILES string of the molecule is OC(CNc1ncnc2c1CCNC2)C12CC3CCCC(C1)[C@H](C3)C2. The van der Waals surface area contributed by atoms with Crippen molar-refractivity contribution in [2.75, 3.05) is 18.4 Å². The fraction of sp³-hybridized carbons (Fsp3) is 0.800. The summed E-state index contributed by atoms with van der Waals surface area (Å²) in [5, 5.41) is 18.0. The summed E-state index contributed by atoms with van der Waals surface area (Å²) in [5.41, 5.74) is 2.50. The Morgan fingerprint density at radius 3 is 3.12 bits per heavy atom. The van der Waals surface area contributed by atoms with Crippen molar-refractivity contribution in [1.82, 2.24) is 15.3 Å². The highest BCUT2D eigenvalue weighted by molar-refractivity contribution is 5.47. The minimum Gasteiger partial charge on any atom is -0.391 e. The van der Waals surface area contributed by atoms with Gasteiger partial charge in [0.05, 0.1) is 11.8 Å². The number of aromatic nitrogens is 2. The summed E-state index contributed by atoms with van der Waals surface area (Å²) >= 11 is 0. The molecule has 0 saturated heterocycles. The molecule has 1 aliphatic heterocycles. The summed E-state index contributed by atoms with van der Waals surface area (Å²) in [5.74, 6) is 3.56. The van der Waals surface area contributed by atoms with E-state index < -0.39 is 0 Å². The van der Waals surface area contributed by atoms with Gasteiger partial charge in [-0.3, -0.25) is 0 Å². The van der Waals surface area contributed by atoms with E-state index in [1.165, 1.54) is 50.5 Å². The second kappa shape index (κ2) is 6.20. The number of aliphatic hydroxyl groups excluding tert-OH is 1. The quantitative estimate of drug-likeness (QED) is 0.784. The highest BCUT2D eigenvalue weighted by Crippen LogP contribution is 2.61. The zero-order valence-electron chi connectivity index (χ0n) is 15.0. The van der Waals surface area contributed by atoms with Crippen LogP contribution in [0, 0.1) is 23.2 Å². The molecule has 5 atom stereocenters. The Hall–Kier alpha value is -1.20. The molecule has 136 valence electrons. The van der Waals surface area contributed by atoms with Crippen molar-refractivity contribution in [3.8, 4) is 0 Å². The lowest BCUT2D eigenvalue weighted by Crippen LogP contribution is -2.42. The van der Waals surface area contributed by atoms with Crippen LogP contribution in [0.5, 0.6) is 0 Å². The third kappa shape index (κ3) is 2.76. The molecule has 5 rings (SSSR count). The number of hydrogen-bond donors (Lipinski definition) is 3. The average Bonchev–Trinajstić information content (AvgIpc) is 2.81. The van der Waals surface area contributed by atoms with Crippen LogP contribution in [0.1, 0.15) is 56.2 Å². The van der Waals surface area contributed by atoms with Gasteiger partial charge in [0.25, 0.3) is 0 Å². The lowest BCUT2D eigenvalue weighted by molar-refractivity contribution is -0.00311. The number of hydrogen-bond acceptors (Lipinski definition) is 5. The van der Waals surface area contributed by atoms with Gasteiger partial charge in [-0.15, -0.1) is 0 Å². The monoisotopic (exact) mass is 342 g/mol. The molecule has 1 aromatic rings. The highest BCUT2D eigenvalue weighted by Gasteiger charge is 2.54. The highest BCUT2D eigenvalue weighted by atomic mass is 16.3. The van der Waals surface area contributed by atoms with E-state index in [2.05, 4.69) is 20.6 Å². The Labute approximate surface area is 150 Å². The predicted molar refractivity (Wildman–Crippen MR) is 97.2 cm³/mol. The molecule has 5 nitrogen and oxygen atoms in total. The summed E-state index contributed by atoms with van der Waals surface area (Å²) in [6.45, 7) is 2.43. The second-order valence-electron chi connectivity index (χ2n) is 9.00. The Balaban J connectivity index is 1.31. The van der Waals surface area contributed by atoms with Gasteiger partial charge in [0.1, 0.15) is 12.1 Å². The fourth-order valence-electron chi connectivity index (χ4n) is 6.47. The van der Waals surface area contributed by atoms with Gasteiger partial charge in [0.15, 0.2) is 0 Å². The van der Waals surface area contributed by atoms with Crippen molar-refractivity contribution in [2.24, 2.45) is 23.2 Å². The lowest BCUT2D eigenvalue weighted by Gasteiger charge is -2.41. The van der Waals surface area contributed by atoms with Crippen LogP contribution >= 0.6 is 0 Å². The molecule has 3 fully saturated rings.